The summed E-state index contributed by atoms with van der Waals surface area (Å²) in [5.74, 6) is -2.39. The van der Waals surface area contributed by atoms with E-state index in [4.69, 9.17) is 0 Å². The van der Waals surface area contributed by atoms with Crippen molar-refractivity contribution in [1.29, 1.82) is 0 Å². The first-order valence-electron chi connectivity index (χ1n) is 3.89. The van der Waals surface area contributed by atoms with Gasteiger partial charge in [0.05, 0.1) is 12.1 Å². The van der Waals surface area contributed by atoms with Crippen molar-refractivity contribution in [3.8, 4) is 0 Å². The molecule has 3 nitrogen and oxygen atoms in total. The van der Waals surface area contributed by atoms with Crippen molar-refractivity contribution < 1.29 is 18.4 Å². The van der Waals surface area contributed by atoms with Crippen LogP contribution in [0.2, 0.25) is 0 Å². The van der Waals surface area contributed by atoms with Crippen LogP contribution in [0, 0.1) is 11.6 Å². The number of benzene rings is 1. The molecule has 0 unspecified atom stereocenters. The highest BCUT2D eigenvalue weighted by Gasteiger charge is 2.19. The number of carbonyl (C=O) groups excluding carboxylic acids is 1. The summed E-state index contributed by atoms with van der Waals surface area (Å²) < 4.78 is 25.3. The van der Waals surface area contributed by atoms with E-state index in [-0.39, 0.29) is 6.42 Å². The van der Waals surface area contributed by atoms with E-state index in [1.165, 1.54) is 6.07 Å². The third-order valence-electron chi connectivity index (χ3n) is 1.82. The number of hydrogen-bond donors (Lipinski definition) is 0. The number of rotatable bonds is 1. The molecule has 0 saturated carbocycles. The highest BCUT2D eigenvalue weighted by Crippen LogP contribution is 2.14. The molecule has 0 radical (unpaired) electrons. The lowest BCUT2D eigenvalue weighted by atomic mass is 10.1. The first kappa shape index (κ1) is 8.80. The molecule has 14 heavy (non-hydrogen) atoms. The lowest BCUT2D eigenvalue weighted by molar-refractivity contribution is -0.140. The van der Waals surface area contributed by atoms with Crippen LogP contribution in [0.3, 0.4) is 0 Å². The molecular formula is C9H5F2NO2. The fourth-order valence-electron chi connectivity index (χ4n) is 1.14. The minimum absolute atomic E-state index is 0.00886. The second-order valence-corrected chi connectivity index (χ2v) is 2.81. The molecule has 0 N–H and O–H groups in total. The lowest BCUT2D eigenvalue weighted by Crippen LogP contribution is -2.01. The predicted molar refractivity (Wildman–Crippen MR) is 43.6 cm³/mol. The number of carbonyl (C=O) groups is 1. The van der Waals surface area contributed by atoms with E-state index in [1.807, 2.05) is 0 Å². The van der Waals surface area contributed by atoms with E-state index >= 15 is 0 Å². The van der Waals surface area contributed by atoms with E-state index in [0.29, 0.717) is 11.3 Å². The first-order valence-corrected chi connectivity index (χ1v) is 3.89. The molecule has 0 aliphatic carbocycles. The van der Waals surface area contributed by atoms with Gasteiger partial charge in [0, 0.05) is 5.56 Å². The summed E-state index contributed by atoms with van der Waals surface area (Å²) in [4.78, 5) is 15.0. The predicted octanol–water partition coefficient (Wildman–Crippen LogP) is 1.62. The van der Waals surface area contributed by atoms with E-state index in [2.05, 4.69) is 9.99 Å². The number of hydrogen-bond acceptors (Lipinski definition) is 3. The van der Waals surface area contributed by atoms with Gasteiger partial charge in [0.2, 0.25) is 0 Å². The Labute approximate surface area is 78.0 Å². The molecule has 1 aliphatic rings. The molecule has 0 bridgehead atoms. The summed E-state index contributed by atoms with van der Waals surface area (Å²) in [5, 5.41) is 3.44. The largest absolute Gasteiger partial charge is 0.341 e. The van der Waals surface area contributed by atoms with Crippen LogP contribution in [0.4, 0.5) is 8.78 Å². The highest BCUT2D eigenvalue weighted by molar-refractivity contribution is 6.11. The molecule has 5 heteroatoms. The summed E-state index contributed by atoms with van der Waals surface area (Å²) in [6.07, 6.45) is -0.00886. The molecule has 0 spiro atoms. The Morgan fingerprint density at radius 1 is 1.29 bits per heavy atom. The average molecular weight is 197 g/mol. The molecule has 0 fully saturated rings. The Morgan fingerprint density at radius 2 is 2.07 bits per heavy atom. The summed E-state index contributed by atoms with van der Waals surface area (Å²) in [6, 6.07) is 3.31. The Kier molecular flexibility index (Phi) is 1.99. The van der Waals surface area contributed by atoms with Gasteiger partial charge in [0.15, 0.2) is 11.6 Å². The maximum Gasteiger partial charge on any atom is 0.341 e. The topological polar surface area (TPSA) is 38.7 Å². The quantitative estimate of drug-likeness (QED) is 0.641. The molecule has 0 atom stereocenters. The van der Waals surface area contributed by atoms with Crippen LogP contribution in [0.15, 0.2) is 23.4 Å². The van der Waals surface area contributed by atoms with E-state index in [1.54, 1.807) is 0 Å². The second-order valence-electron chi connectivity index (χ2n) is 2.81. The van der Waals surface area contributed by atoms with Crippen LogP contribution in [0.1, 0.15) is 12.0 Å². The summed E-state index contributed by atoms with van der Waals surface area (Å²) >= 11 is 0. The van der Waals surface area contributed by atoms with Gasteiger partial charge >= 0.3 is 5.97 Å². The Bertz CT molecular complexity index is 429. The van der Waals surface area contributed by atoms with Crippen LogP contribution < -0.4 is 0 Å². The second kappa shape index (κ2) is 3.17. The van der Waals surface area contributed by atoms with E-state index in [9.17, 15) is 13.6 Å². The summed E-state index contributed by atoms with van der Waals surface area (Å²) in [6.45, 7) is 0. The van der Waals surface area contributed by atoms with Crippen molar-refractivity contribution in [3.05, 3.63) is 35.4 Å². The van der Waals surface area contributed by atoms with Gasteiger partial charge < -0.3 is 4.84 Å². The molecule has 1 heterocycles. The molecule has 72 valence electrons. The minimum atomic E-state index is -0.968. The zero-order valence-corrected chi connectivity index (χ0v) is 6.96. The minimum Gasteiger partial charge on any atom is -0.318 e. The molecular weight excluding hydrogens is 192 g/mol. The van der Waals surface area contributed by atoms with Gasteiger partial charge in [-0.25, -0.2) is 13.6 Å². The molecule has 1 aromatic rings. The highest BCUT2D eigenvalue weighted by atomic mass is 19.2. The normalized spacial score (nSPS) is 15.3. The van der Waals surface area contributed by atoms with Gasteiger partial charge in [-0.15, -0.1) is 0 Å². The molecule has 0 saturated heterocycles. The molecule has 2 rings (SSSR count). The third-order valence-corrected chi connectivity index (χ3v) is 1.82. The summed E-state index contributed by atoms with van der Waals surface area (Å²) in [7, 11) is 0. The van der Waals surface area contributed by atoms with Crippen molar-refractivity contribution in [2.45, 2.75) is 6.42 Å². The zero-order chi connectivity index (χ0) is 10.1. The standard InChI is InChI=1S/C9H5F2NO2/c10-6-2-1-5(3-7(6)11)8-4-9(13)14-12-8/h1-3H,4H2. The lowest BCUT2D eigenvalue weighted by Gasteiger charge is -1.97. The molecule has 0 amide bonds. The van der Waals surface area contributed by atoms with Crippen molar-refractivity contribution in [2.75, 3.05) is 0 Å². The van der Waals surface area contributed by atoms with Crippen molar-refractivity contribution in [1.82, 2.24) is 0 Å². The maximum atomic E-state index is 12.8. The van der Waals surface area contributed by atoms with Gasteiger partial charge in [-0.3, -0.25) is 0 Å². The SMILES string of the molecule is O=C1CC(c2ccc(F)c(F)c2)=NO1. The first-order chi connectivity index (χ1) is 6.66. The van der Waals surface area contributed by atoms with Crippen LogP contribution >= 0.6 is 0 Å². The average Bonchev–Trinajstić information content (AvgIpc) is 2.57. The fourth-order valence-corrected chi connectivity index (χ4v) is 1.14. The molecule has 1 aliphatic heterocycles. The Morgan fingerprint density at radius 3 is 2.64 bits per heavy atom. The zero-order valence-electron chi connectivity index (χ0n) is 6.96. The number of oxime groups is 1. The van der Waals surface area contributed by atoms with Crippen LogP contribution in [0.5, 0.6) is 0 Å². The fraction of sp³-hybridized carbons (Fsp3) is 0.111. The van der Waals surface area contributed by atoms with Crippen LogP contribution in [-0.4, -0.2) is 11.7 Å². The van der Waals surface area contributed by atoms with Gasteiger partial charge in [0.25, 0.3) is 0 Å². The van der Waals surface area contributed by atoms with E-state index < -0.39 is 17.6 Å². The van der Waals surface area contributed by atoms with Gasteiger partial charge in [-0.2, -0.15) is 0 Å². The maximum absolute atomic E-state index is 12.8. The number of nitrogens with zero attached hydrogens (tertiary/aromatic N) is 1. The monoisotopic (exact) mass is 197 g/mol. The summed E-state index contributed by atoms with van der Waals surface area (Å²) in [5.41, 5.74) is 0.670. The van der Waals surface area contributed by atoms with Gasteiger partial charge in [-0.05, 0) is 18.2 Å². The van der Waals surface area contributed by atoms with Crippen LogP contribution in [-0.2, 0) is 9.63 Å². The molecule has 0 aromatic heterocycles. The molecule has 1 aromatic carbocycles. The third kappa shape index (κ3) is 1.48. The van der Waals surface area contributed by atoms with Crippen molar-refractivity contribution in [3.63, 3.8) is 0 Å². The van der Waals surface area contributed by atoms with Crippen molar-refractivity contribution >= 4 is 11.7 Å². The Balaban J connectivity index is 2.34. The van der Waals surface area contributed by atoms with Gasteiger partial charge in [0.1, 0.15) is 0 Å². The van der Waals surface area contributed by atoms with E-state index in [0.717, 1.165) is 12.1 Å². The smallest absolute Gasteiger partial charge is 0.318 e. The van der Waals surface area contributed by atoms with Crippen LogP contribution in [0.25, 0.3) is 0 Å². The van der Waals surface area contributed by atoms with Gasteiger partial charge in [-0.1, -0.05) is 5.16 Å². The Hall–Kier alpha value is -1.78. The number of halogens is 2. The van der Waals surface area contributed by atoms with Crippen molar-refractivity contribution in [2.24, 2.45) is 5.16 Å².